The van der Waals surface area contributed by atoms with Gasteiger partial charge in [0, 0.05) is 5.69 Å². The molecule has 0 bridgehead atoms. The molecule has 19 heavy (non-hydrogen) atoms. The van der Waals surface area contributed by atoms with Crippen molar-refractivity contribution < 1.29 is 4.79 Å². The van der Waals surface area contributed by atoms with Crippen molar-refractivity contribution in [2.24, 2.45) is 0 Å². The third kappa shape index (κ3) is 4.35. The van der Waals surface area contributed by atoms with Crippen LogP contribution in [0.2, 0.25) is 0 Å². The standard InChI is InChI=1S/C16H26N2O/c1-7-17-16(5,6)14(19)18-13-10-8-12(9-11-13)15(2,3)4/h8-11,17H,7H2,1-6H3,(H,18,19). The van der Waals surface area contributed by atoms with E-state index in [1.54, 1.807) is 0 Å². The molecule has 3 heteroatoms. The van der Waals surface area contributed by atoms with Crippen LogP contribution in [0.15, 0.2) is 24.3 Å². The molecule has 0 aliphatic carbocycles. The molecule has 0 atom stereocenters. The largest absolute Gasteiger partial charge is 0.325 e. The van der Waals surface area contributed by atoms with Gasteiger partial charge in [0.1, 0.15) is 0 Å². The fourth-order valence-corrected chi connectivity index (χ4v) is 1.86. The van der Waals surface area contributed by atoms with E-state index in [1.807, 2.05) is 32.9 Å². The minimum absolute atomic E-state index is 0.0159. The van der Waals surface area contributed by atoms with Crippen LogP contribution < -0.4 is 10.6 Å². The third-order valence-corrected chi connectivity index (χ3v) is 3.20. The summed E-state index contributed by atoms with van der Waals surface area (Å²) in [5.41, 5.74) is 1.67. The number of carbonyl (C=O) groups excluding carboxylic acids is 1. The van der Waals surface area contributed by atoms with Crippen molar-refractivity contribution in [3.8, 4) is 0 Å². The second-order valence-electron chi connectivity index (χ2n) is 6.44. The Morgan fingerprint density at radius 3 is 2.00 bits per heavy atom. The molecule has 0 spiro atoms. The van der Waals surface area contributed by atoms with Gasteiger partial charge in [-0.15, -0.1) is 0 Å². The molecule has 1 rings (SSSR count). The number of carbonyl (C=O) groups is 1. The maximum Gasteiger partial charge on any atom is 0.244 e. The highest BCUT2D eigenvalue weighted by atomic mass is 16.2. The van der Waals surface area contributed by atoms with E-state index in [-0.39, 0.29) is 11.3 Å². The molecule has 0 heterocycles. The lowest BCUT2D eigenvalue weighted by atomic mass is 9.87. The highest BCUT2D eigenvalue weighted by Crippen LogP contribution is 2.23. The third-order valence-electron chi connectivity index (χ3n) is 3.20. The fraction of sp³-hybridized carbons (Fsp3) is 0.562. The molecule has 1 aromatic rings. The van der Waals surface area contributed by atoms with Gasteiger partial charge >= 0.3 is 0 Å². The predicted molar refractivity (Wildman–Crippen MR) is 81.5 cm³/mol. The summed E-state index contributed by atoms with van der Waals surface area (Å²) in [6, 6.07) is 8.05. The number of nitrogens with one attached hydrogen (secondary N) is 2. The van der Waals surface area contributed by atoms with Gasteiger partial charge in [0.05, 0.1) is 5.54 Å². The van der Waals surface area contributed by atoms with Crippen LogP contribution in [0.3, 0.4) is 0 Å². The van der Waals surface area contributed by atoms with E-state index < -0.39 is 5.54 Å². The van der Waals surface area contributed by atoms with Gasteiger partial charge in [0.25, 0.3) is 0 Å². The number of anilines is 1. The van der Waals surface area contributed by atoms with Gasteiger partial charge in [-0.25, -0.2) is 0 Å². The van der Waals surface area contributed by atoms with Crippen molar-refractivity contribution >= 4 is 11.6 Å². The molecule has 0 fully saturated rings. The van der Waals surface area contributed by atoms with E-state index in [0.29, 0.717) is 0 Å². The Morgan fingerprint density at radius 1 is 1.05 bits per heavy atom. The molecule has 0 aliphatic rings. The monoisotopic (exact) mass is 262 g/mol. The molecule has 0 aliphatic heterocycles. The van der Waals surface area contributed by atoms with E-state index in [2.05, 4.69) is 43.5 Å². The number of rotatable bonds is 4. The molecular weight excluding hydrogens is 236 g/mol. The van der Waals surface area contributed by atoms with Crippen molar-refractivity contribution in [1.82, 2.24) is 5.32 Å². The van der Waals surface area contributed by atoms with E-state index in [1.165, 1.54) is 5.56 Å². The molecule has 2 N–H and O–H groups in total. The lowest BCUT2D eigenvalue weighted by molar-refractivity contribution is -0.121. The van der Waals surface area contributed by atoms with Gasteiger partial charge in [-0.3, -0.25) is 4.79 Å². The lowest BCUT2D eigenvalue weighted by Crippen LogP contribution is -2.49. The molecule has 3 nitrogen and oxygen atoms in total. The van der Waals surface area contributed by atoms with Crippen LogP contribution in [-0.4, -0.2) is 18.0 Å². The van der Waals surface area contributed by atoms with Crippen LogP contribution in [0.1, 0.15) is 47.1 Å². The van der Waals surface area contributed by atoms with Crippen LogP contribution in [0, 0.1) is 0 Å². The van der Waals surface area contributed by atoms with Gasteiger partial charge in [0.2, 0.25) is 5.91 Å². The summed E-state index contributed by atoms with van der Waals surface area (Å²) in [4.78, 5) is 12.1. The molecule has 0 unspecified atom stereocenters. The SMILES string of the molecule is CCNC(C)(C)C(=O)Nc1ccc(C(C)(C)C)cc1. The molecule has 0 radical (unpaired) electrons. The zero-order valence-corrected chi connectivity index (χ0v) is 12.9. The first kappa shape index (κ1) is 15.7. The first-order chi connectivity index (χ1) is 8.66. The minimum atomic E-state index is -0.558. The zero-order valence-electron chi connectivity index (χ0n) is 12.9. The van der Waals surface area contributed by atoms with Gasteiger partial charge in [-0.2, -0.15) is 0 Å². The Labute approximate surface area is 116 Å². The predicted octanol–water partition coefficient (Wildman–Crippen LogP) is 3.31. The van der Waals surface area contributed by atoms with Crippen molar-refractivity contribution in [3.05, 3.63) is 29.8 Å². The summed E-state index contributed by atoms with van der Waals surface area (Å²) in [7, 11) is 0. The molecule has 0 saturated heterocycles. The van der Waals surface area contributed by atoms with Crippen molar-refractivity contribution in [2.45, 2.75) is 52.5 Å². The highest BCUT2D eigenvalue weighted by molar-refractivity contribution is 5.97. The second kappa shape index (κ2) is 5.74. The number of hydrogen-bond acceptors (Lipinski definition) is 2. The summed E-state index contributed by atoms with van der Waals surface area (Å²) in [6.45, 7) is 13.1. The maximum atomic E-state index is 12.1. The number of hydrogen-bond donors (Lipinski definition) is 2. The van der Waals surface area contributed by atoms with Crippen LogP contribution in [0.4, 0.5) is 5.69 Å². The number of benzene rings is 1. The molecule has 0 saturated carbocycles. The van der Waals surface area contributed by atoms with Crippen LogP contribution in [-0.2, 0) is 10.2 Å². The van der Waals surface area contributed by atoms with Crippen molar-refractivity contribution in [1.29, 1.82) is 0 Å². The Hall–Kier alpha value is -1.35. The summed E-state index contributed by atoms with van der Waals surface area (Å²) < 4.78 is 0. The van der Waals surface area contributed by atoms with Gasteiger partial charge in [-0.1, -0.05) is 39.8 Å². The first-order valence-electron chi connectivity index (χ1n) is 6.84. The fourth-order valence-electron chi connectivity index (χ4n) is 1.86. The smallest absolute Gasteiger partial charge is 0.244 e. The molecular formula is C16H26N2O. The van der Waals surface area contributed by atoms with E-state index >= 15 is 0 Å². The van der Waals surface area contributed by atoms with Gasteiger partial charge < -0.3 is 10.6 Å². The molecule has 1 amide bonds. The average Bonchev–Trinajstić information content (AvgIpc) is 2.28. The molecule has 1 aromatic carbocycles. The minimum Gasteiger partial charge on any atom is -0.325 e. The summed E-state index contributed by atoms with van der Waals surface area (Å²) in [5.74, 6) is -0.0159. The Kier molecular flexibility index (Phi) is 4.75. The number of likely N-dealkylation sites (N-methyl/N-ethyl adjacent to an activating group) is 1. The summed E-state index contributed by atoms with van der Waals surface area (Å²) in [6.07, 6.45) is 0. The Morgan fingerprint density at radius 2 is 1.58 bits per heavy atom. The van der Waals surface area contributed by atoms with Crippen LogP contribution in [0.5, 0.6) is 0 Å². The van der Waals surface area contributed by atoms with Crippen molar-refractivity contribution in [3.63, 3.8) is 0 Å². The molecule has 0 aromatic heterocycles. The quantitative estimate of drug-likeness (QED) is 0.874. The number of amides is 1. The summed E-state index contributed by atoms with van der Waals surface area (Å²) in [5, 5.41) is 6.11. The van der Waals surface area contributed by atoms with E-state index in [4.69, 9.17) is 0 Å². The first-order valence-corrected chi connectivity index (χ1v) is 6.84. The highest BCUT2D eigenvalue weighted by Gasteiger charge is 2.26. The van der Waals surface area contributed by atoms with E-state index in [9.17, 15) is 4.79 Å². The normalized spacial score (nSPS) is 12.3. The lowest BCUT2D eigenvalue weighted by Gasteiger charge is -2.25. The van der Waals surface area contributed by atoms with E-state index in [0.717, 1.165) is 12.2 Å². The van der Waals surface area contributed by atoms with Crippen LogP contribution in [0.25, 0.3) is 0 Å². The Bertz CT molecular complexity index is 427. The topological polar surface area (TPSA) is 41.1 Å². The van der Waals surface area contributed by atoms with Gasteiger partial charge in [-0.05, 0) is 43.5 Å². The maximum absolute atomic E-state index is 12.1. The zero-order chi connectivity index (χ0) is 14.7. The second-order valence-corrected chi connectivity index (χ2v) is 6.44. The van der Waals surface area contributed by atoms with Gasteiger partial charge in [0.15, 0.2) is 0 Å². The molecule has 106 valence electrons. The Balaban J connectivity index is 2.76. The van der Waals surface area contributed by atoms with Crippen molar-refractivity contribution in [2.75, 3.05) is 11.9 Å². The van der Waals surface area contributed by atoms with Crippen LogP contribution >= 0.6 is 0 Å². The average molecular weight is 262 g/mol. The summed E-state index contributed by atoms with van der Waals surface area (Å²) >= 11 is 0.